The summed E-state index contributed by atoms with van der Waals surface area (Å²) in [6.45, 7) is 9.76. The molecule has 2 aliphatic rings. The molecule has 1 aromatic rings. The molecule has 3 atom stereocenters. The molecule has 2 N–H and O–H groups in total. The van der Waals surface area contributed by atoms with E-state index in [1.54, 1.807) is 11.2 Å². The summed E-state index contributed by atoms with van der Waals surface area (Å²) in [4.78, 5) is 0.395. The predicted molar refractivity (Wildman–Crippen MR) is 89.5 cm³/mol. The van der Waals surface area contributed by atoms with Gasteiger partial charge in [0.2, 0.25) is 10.0 Å². The third-order valence-electron chi connectivity index (χ3n) is 5.33. The molecule has 130 valence electrons. The van der Waals surface area contributed by atoms with Crippen molar-refractivity contribution in [3.05, 3.63) is 11.4 Å². The van der Waals surface area contributed by atoms with Gasteiger partial charge in [-0.3, -0.25) is 4.68 Å². The lowest BCUT2D eigenvalue weighted by molar-refractivity contribution is 0.426. The minimum absolute atomic E-state index is 0.144. The first-order valence-corrected chi connectivity index (χ1v) is 9.95. The number of rotatable bonds is 4. The topological polar surface area (TPSA) is 81.2 Å². The molecule has 2 fully saturated rings. The standard InChI is InChI=1S/C16H28N4O2S/c1-10(2)7-20-12(4)16(11(3)18-20)23(21,22)19-8-13-5-6-15(17)14(13)9-19/h10,13-15H,5-9,17H2,1-4H3. The quantitative estimate of drug-likeness (QED) is 0.901. The van der Waals surface area contributed by atoms with Crippen LogP contribution >= 0.6 is 0 Å². The second-order valence-electron chi connectivity index (χ2n) is 7.56. The van der Waals surface area contributed by atoms with Crippen LogP contribution in [0.3, 0.4) is 0 Å². The molecule has 3 rings (SSSR count). The molecule has 0 spiro atoms. The Bertz CT molecular complexity index is 695. The van der Waals surface area contributed by atoms with Gasteiger partial charge in [-0.05, 0) is 44.4 Å². The van der Waals surface area contributed by atoms with Gasteiger partial charge >= 0.3 is 0 Å². The highest BCUT2D eigenvalue weighted by molar-refractivity contribution is 7.89. The molecule has 3 unspecified atom stereocenters. The number of aryl methyl sites for hydroxylation is 1. The summed E-state index contributed by atoms with van der Waals surface area (Å²) in [6, 6.07) is 0.144. The van der Waals surface area contributed by atoms with Crippen LogP contribution in [0.1, 0.15) is 38.1 Å². The van der Waals surface area contributed by atoms with E-state index in [0.717, 1.165) is 25.1 Å². The Morgan fingerprint density at radius 2 is 1.96 bits per heavy atom. The van der Waals surface area contributed by atoms with Crippen molar-refractivity contribution in [1.82, 2.24) is 14.1 Å². The smallest absolute Gasteiger partial charge is 0.246 e. The van der Waals surface area contributed by atoms with Crippen molar-refractivity contribution in [3.8, 4) is 0 Å². The molecule has 2 heterocycles. The van der Waals surface area contributed by atoms with Gasteiger partial charge in [-0.15, -0.1) is 0 Å². The molecule has 1 saturated heterocycles. The van der Waals surface area contributed by atoms with Crippen LogP contribution in [0.2, 0.25) is 0 Å². The number of hydrogen-bond acceptors (Lipinski definition) is 4. The number of aromatic nitrogens is 2. The second-order valence-corrected chi connectivity index (χ2v) is 9.44. The fourth-order valence-electron chi connectivity index (χ4n) is 4.17. The largest absolute Gasteiger partial charge is 0.327 e. The van der Waals surface area contributed by atoms with Crippen LogP contribution in [0.4, 0.5) is 0 Å². The van der Waals surface area contributed by atoms with Crippen LogP contribution in [0.15, 0.2) is 4.90 Å². The SMILES string of the molecule is Cc1nn(CC(C)C)c(C)c1S(=O)(=O)N1CC2CCC(N)C2C1. The van der Waals surface area contributed by atoms with Gasteiger partial charge in [0.05, 0.1) is 11.4 Å². The van der Waals surface area contributed by atoms with Gasteiger partial charge in [0, 0.05) is 25.7 Å². The van der Waals surface area contributed by atoms with E-state index in [2.05, 4.69) is 18.9 Å². The first-order chi connectivity index (χ1) is 10.7. The monoisotopic (exact) mass is 340 g/mol. The maximum Gasteiger partial charge on any atom is 0.246 e. The fraction of sp³-hybridized carbons (Fsp3) is 0.812. The summed E-state index contributed by atoms with van der Waals surface area (Å²) >= 11 is 0. The zero-order chi connectivity index (χ0) is 16.9. The van der Waals surface area contributed by atoms with Gasteiger partial charge < -0.3 is 5.73 Å². The molecule has 1 saturated carbocycles. The van der Waals surface area contributed by atoms with E-state index < -0.39 is 10.0 Å². The lowest BCUT2D eigenvalue weighted by Crippen LogP contribution is -2.34. The molecule has 0 aromatic carbocycles. The van der Waals surface area contributed by atoms with Gasteiger partial charge in [0.15, 0.2) is 0 Å². The maximum atomic E-state index is 13.1. The van der Waals surface area contributed by atoms with Gasteiger partial charge in [0.25, 0.3) is 0 Å². The van der Waals surface area contributed by atoms with Crippen molar-refractivity contribution in [2.75, 3.05) is 13.1 Å². The highest BCUT2D eigenvalue weighted by Crippen LogP contribution is 2.40. The molecule has 1 aromatic heterocycles. The number of hydrogen-bond donors (Lipinski definition) is 1. The zero-order valence-electron chi connectivity index (χ0n) is 14.5. The zero-order valence-corrected chi connectivity index (χ0v) is 15.3. The Morgan fingerprint density at radius 1 is 1.26 bits per heavy atom. The molecule has 0 radical (unpaired) electrons. The first-order valence-electron chi connectivity index (χ1n) is 8.51. The van der Waals surface area contributed by atoms with Crippen molar-refractivity contribution in [1.29, 1.82) is 0 Å². The van der Waals surface area contributed by atoms with E-state index in [1.807, 2.05) is 11.6 Å². The van der Waals surface area contributed by atoms with Crippen molar-refractivity contribution < 1.29 is 8.42 Å². The molecule has 0 amide bonds. The van der Waals surface area contributed by atoms with Crippen LogP contribution in [0.25, 0.3) is 0 Å². The highest BCUT2D eigenvalue weighted by atomic mass is 32.2. The third-order valence-corrected chi connectivity index (χ3v) is 7.41. The van der Waals surface area contributed by atoms with Gasteiger partial charge in [0.1, 0.15) is 4.90 Å². The number of nitrogens with two attached hydrogens (primary N) is 1. The number of sulfonamides is 1. The van der Waals surface area contributed by atoms with Crippen LogP contribution in [-0.2, 0) is 16.6 Å². The highest BCUT2D eigenvalue weighted by Gasteiger charge is 2.46. The average Bonchev–Trinajstić information content (AvgIpc) is 3.07. The molecule has 0 bridgehead atoms. The van der Waals surface area contributed by atoms with E-state index >= 15 is 0 Å². The summed E-state index contributed by atoms with van der Waals surface area (Å²) in [6.07, 6.45) is 2.07. The summed E-state index contributed by atoms with van der Waals surface area (Å²) in [5.41, 5.74) is 7.49. The van der Waals surface area contributed by atoms with Crippen LogP contribution in [-0.4, -0.2) is 41.6 Å². The Morgan fingerprint density at radius 3 is 2.57 bits per heavy atom. The van der Waals surface area contributed by atoms with Gasteiger partial charge in [-0.25, -0.2) is 8.42 Å². The minimum atomic E-state index is -3.49. The summed E-state index contributed by atoms with van der Waals surface area (Å²) in [7, 11) is -3.49. The summed E-state index contributed by atoms with van der Waals surface area (Å²) in [5, 5.41) is 4.46. The van der Waals surface area contributed by atoms with E-state index in [4.69, 9.17) is 5.73 Å². The van der Waals surface area contributed by atoms with Crippen molar-refractivity contribution >= 4 is 10.0 Å². The van der Waals surface area contributed by atoms with Crippen molar-refractivity contribution in [2.45, 2.75) is 58.0 Å². The normalized spacial score (nSPS) is 28.7. The minimum Gasteiger partial charge on any atom is -0.327 e. The molecule has 7 heteroatoms. The first kappa shape index (κ1) is 16.9. The number of nitrogens with zero attached hydrogens (tertiary/aromatic N) is 3. The maximum absolute atomic E-state index is 13.1. The lowest BCUT2D eigenvalue weighted by atomic mass is 9.98. The molecule has 23 heavy (non-hydrogen) atoms. The molecule has 1 aliphatic heterocycles. The van der Waals surface area contributed by atoms with Crippen molar-refractivity contribution in [3.63, 3.8) is 0 Å². The fourth-order valence-corrected chi connectivity index (χ4v) is 6.08. The Labute approximate surface area is 139 Å². The lowest BCUT2D eigenvalue weighted by Gasteiger charge is -2.19. The second kappa shape index (κ2) is 5.86. The third kappa shape index (κ3) is 2.83. The molecular formula is C16H28N4O2S. The van der Waals surface area contributed by atoms with E-state index in [9.17, 15) is 8.42 Å². The van der Waals surface area contributed by atoms with E-state index in [-0.39, 0.29) is 6.04 Å². The summed E-state index contributed by atoms with van der Waals surface area (Å²) in [5.74, 6) is 1.16. The van der Waals surface area contributed by atoms with Gasteiger partial charge in [-0.2, -0.15) is 9.40 Å². The Hall–Kier alpha value is -0.920. The van der Waals surface area contributed by atoms with E-state index in [0.29, 0.717) is 41.4 Å². The van der Waals surface area contributed by atoms with Crippen LogP contribution in [0.5, 0.6) is 0 Å². The molecule has 6 nitrogen and oxygen atoms in total. The Balaban J connectivity index is 1.90. The predicted octanol–water partition coefficient (Wildman–Crippen LogP) is 1.51. The molecule has 1 aliphatic carbocycles. The molecular weight excluding hydrogens is 312 g/mol. The van der Waals surface area contributed by atoms with E-state index in [1.165, 1.54) is 0 Å². The average molecular weight is 340 g/mol. The van der Waals surface area contributed by atoms with Crippen LogP contribution in [0, 0.1) is 31.6 Å². The Kier molecular flexibility index (Phi) is 4.31. The summed E-state index contributed by atoms with van der Waals surface area (Å²) < 4.78 is 29.8. The van der Waals surface area contributed by atoms with Crippen molar-refractivity contribution in [2.24, 2.45) is 23.5 Å². The van der Waals surface area contributed by atoms with Crippen LogP contribution < -0.4 is 5.73 Å². The van der Waals surface area contributed by atoms with Gasteiger partial charge in [-0.1, -0.05) is 13.8 Å². The number of fused-ring (bicyclic) bond motifs is 1.